The van der Waals surface area contributed by atoms with E-state index in [1.807, 2.05) is 30.3 Å². The van der Waals surface area contributed by atoms with Crippen LogP contribution >= 0.6 is 11.6 Å². The number of amides is 2. The molecule has 7 nitrogen and oxygen atoms in total. The van der Waals surface area contributed by atoms with Crippen LogP contribution in [0.15, 0.2) is 53.3 Å². The molecule has 1 unspecified atom stereocenters. The van der Waals surface area contributed by atoms with Crippen LogP contribution in [0.3, 0.4) is 0 Å². The maximum Gasteiger partial charge on any atom is 0.322 e. The predicted molar refractivity (Wildman–Crippen MR) is 132 cm³/mol. The van der Waals surface area contributed by atoms with Gasteiger partial charge in [0, 0.05) is 29.1 Å². The van der Waals surface area contributed by atoms with Gasteiger partial charge in [0.15, 0.2) is 0 Å². The van der Waals surface area contributed by atoms with Gasteiger partial charge in [0.25, 0.3) is 5.56 Å². The summed E-state index contributed by atoms with van der Waals surface area (Å²) in [5, 5.41) is 4.24. The number of pyridine rings is 1. The molecule has 3 aromatic rings. The van der Waals surface area contributed by atoms with E-state index in [-0.39, 0.29) is 24.2 Å². The minimum atomic E-state index is -0.281. The molecule has 174 valence electrons. The van der Waals surface area contributed by atoms with Gasteiger partial charge in [0.1, 0.15) is 5.75 Å². The number of ether oxygens (including phenoxy) is 1. The molecule has 1 fully saturated rings. The Hall–Kier alpha value is -3.03. The second kappa shape index (κ2) is 10.3. The van der Waals surface area contributed by atoms with Gasteiger partial charge in [-0.05, 0) is 62.3 Å². The van der Waals surface area contributed by atoms with Crippen LogP contribution in [-0.2, 0) is 6.54 Å². The van der Waals surface area contributed by atoms with Crippen molar-refractivity contribution in [1.82, 2.24) is 14.8 Å². The first kappa shape index (κ1) is 23.1. The lowest BCUT2D eigenvalue weighted by molar-refractivity contribution is 0.174. The molecule has 1 aromatic heterocycles. The molecule has 0 spiro atoms. The fourth-order valence-electron chi connectivity index (χ4n) is 4.43. The van der Waals surface area contributed by atoms with E-state index in [2.05, 4.69) is 22.1 Å². The Labute approximate surface area is 198 Å². The number of H-pyrrole nitrogens is 1. The molecule has 2 heterocycles. The van der Waals surface area contributed by atoms with Crippen LogP contribution in [0.25, 0.3) is 10.9 Å². The summed E-state index contributed by atoms with van der Waals surface area (Å²) in [4.78, 5) is 33.2. The number of hydrogen-bond donors (Lipinski definition) is 2. The molecule has 2 amide bonds. The summed E-state index contributed by atoms with van der Waals surface area (Å²) >= 11 is 6.26. The van der Waals surface area contributed by atoms with Gasteiger partial charge in [-0.3, -0.25) is 9.69 Å². The van der Waals surface area contributed by atoms with Crippen molar-refractivity contribution in [2.24, 2.45) is 0 Å². The van der Waals surface area contributed by atoms with Gasteiger partial charge in [-0.2, -0.15) is 0 Å². The summed E-state index contributed by atoms with van der Waals surface area (Å²) in [5.74, 6) is 0.707. The largest absolute Gasteiger partial charge is 0.497 e. The van der Waals surface area contributed by atoms with Gasteiger partial charge < -0.3 is 19.9 Å². The number of halogens is 1. The zero-order valence-electron chi connectivity index (χ0n) is 18.9. The Morgan fingerprint density at radius 3 is 2.85 bits per heavy atom. The zero-order valence-corrected chi connectivity index (χ0v) is 19.7. The number of benzene rings is 2. The van der Waals surface area contributed by atoms with E-state index in [4.69, 9.17) is 16.3 Å². The fraction of sp³-hybridized carbons (Fsp3) is 0.360. The first-order chi connectivity index (χ1) is 16.0. The maximum atomic E-state index is 13.3. The smallest absolute Gasteiger partial charge is 0.322 e. The number of para-hydroxylation sites is 1. The van der Waals surface area contributed by atoms with E-state index in [0.717, 1.165) is 36.8 Å². The lowest BCUT2D eigenvalue weighted by atomic mass is 10.1. The average molecular weight is 469 g/mol. The van der Waals surface area contributed by atoms with Crippen LogP contribution in [0.2, 0.25) is 5.02 Å². The number of carbonyl (C=O) groups is 1. The molecule has 1 aliphatic rings. The molecule has 1 saturated heterocycles. The third-order valence-electron chi connectivity index (χ3n) is 6.23. The van der Waals surface area contributed by atoms with E-state index in [0.29, 0.717) is 28.6 Å². The van der Waals surface area contributed by atoms with E-state index in [1.165, 1.54) is 0 Å². The second-order valence-electron chi connectivity index (χ2n) is 8.29. The number of aromatic nitrogens is 1. The molecule has 0 radical (unpaired) electrons. The summed E-state index contributed by atoms with van der Waals surface area (Å²) in [7, 11) is 1.61. The van der Waals surface area contributed by atoms with Crippen LogP contribution in [-0.4, -0.2) is 53.6 Å². The van der Waals surface area contributed by atoms with Crippen molar-refractivity contribution < 1.29 is 9.53 Å². The average Bonchev–Trinajstić information content (AvgIpc) is 3.27. The van der Waals surface area contributed by atoms with Crippen LogP contribution < -0.4 is 15.6 Å². The van der Waals surface area contributed by atoms with Gasteiger partial charge in [0.2, 0.25) is 0 Å². The summed E-state index contributed by atoms with van der Waals surface area (Å²) in [6.45, 7) is 4.80. The summed E-state index contributed by atoms with van der Waals surface area (Å²) < 4.78 is 5.32. The van der Waals surface area contributed by atoms with Gasteiger partial charge in [-0.15, -0.1) is 0 Å². The standard InChI is InChI=1S/C25H29ClN4O3/c1-3-29-12-6-7-19(29)16-30(25(32)28-23-9-5-4-8-21(23)26)15-18-13-17-14-20(33-2)10-11-22(17)27-24(18)31/h4-5,8-11,13-14,19H,3,6-7,12,15-16H2,1-2H3,(H,27,31)(H,28,32). The topological polar surface area (TPSA) is 77.7 Å². The Kier molecular flexibility index (Phi) is 7.20. The second-order valence-corrected chi connectivity index (χ2v) is 8.70. The SMILES string of the molecule is CCN1CCCC1CN(Cc1cc2cc(OC)ccc2[nH]c1=O)C(=O)Nc1ccccc1Cl. The number of urea groups is 1. The first-order valence-electron chi connectivity index (χ1n) is 11.2. The van der Waals surface area contributed by atoms with Crippen LogP contribution in [0, 0.1) is 0 Å². The number of hydrogen-bond acceptors (Lipinski definition) is 4. The fourth-order valence-corrected chi connectivity index (χ4v) is 4.61. The number of aromatic amines is 1. The van der Waals surface area contributed by atoms with Gasteiger partial charge >= 0.3 is 6.03 Å². The molecule has 1 aliphatic heterocycles. The van der Waals surface area contributed by atoms with Crippen LogP contribution in [0.5, 0.6) is 5.75 Å². The van der Waals surface area contributed by atoms with Crippen molar-refractivity contribution in [3.8, 4) is 5.75 Å². The molecule has 0 aliphatic carbocycles. The van der Waals surface area contributed by atoms with E-state index < -0.39 is 0 Å². The molecule has 8 heteroatoms. The van der Waals surface area contributed by atoms with E-state index in [1.54, 1.807) is 30.2 Å². The Morgan fingerprint density at radius 1 is 1.27 bits per heavy atom. The molecule has 0 saturated carbocycles. The quantitative estimate of drug-likeness (QED) is 0.526. The monoisotopic (exact) mass is 468 g/mol. The summed E-state index contributed by atoms with van der Waals surface area (Å²) in [5.41, 5.74) is 1.59. The van der Waals surface area contributed by atoms with Gasteiger partial charge in [0.05, 0.1) is 24.4 Å². The number of nitrogens with one attached hydrogen (secondary N) is 2. The number of likely N-dealkylation sites (N-methyl/N-ethyl adjacent to an activating group) is 1. The normalized spacial score (nSPS) is 16.2. The summed E-state index contributed by atoms with van der Waals surface area (Å²) in [6.07, 6.45) is 2.13. The molecule has 2 aromatic carbocycles. The third kappa shape index (κ3) is 5.31. The van der Waals surface area contributed by atoms with Crippen molar-refractivity contribution in [1.29, 1.82) is 0 Å². The molecular weight excluding hydrogens is 440 g/mol. The highest BCUT2D eigenvalue weighted by Gasteiger charge is 2.28. The lowest BCUT2D eigenvalue weighted by Gasteiger charge is -2.30. The van der Waals surface area contributed by atoms with E-state index in [9.17, 15) is 9.59 Å². The highest BCUT2D eigenvalue weighted by molar-refractivity contribution is 6.33. The Morgan fingerprint density at radius 2 is 2.09 bits per heavy atom. The highest BCUT2D eigenvalue weighted by Crippen LogP contribution is 2.24. The number of likely N-dealkylation sites (tertiary alicyclic amines) is 1. The van der Waals surface area contributed by atoms with Gasteiger partial charge in [-0.25, -0.2) is 4.79 Å². The van der Waals surface area contributed by atoms with Crippen molar-refractivity contribution in [3.63, 3.8) is 0 Å². The Bertz CT molecular complexity index is 1200. The van der Waals surface area contributed by atoms with E-state index >= 15 is 0 Å². The van der Waals surface area contributed by atoms with Crippen molar-refractivity contribution in [2.75, 3.05) is 32.1 Å². The highest BCUT2D eigenvalue weighted by atomic mass is 35.5. The minimum Gasteiger partial charge on any atom is -0.497 e. The number of nitrogens with zero attached hydrogens (tertiary/aromatic N) is 2. The molecule has 2 N–H and O–H groups in total. The maximum absolute atomic E-state index is 13.3. The zero-order chi connectivity index (χ0) is 23.4. The lowest BCUT2D eigenvalue weighted by Crippen LogP contribution is -2.45. The van der Waals surface area contributed by atoms with Gasteiger partial charge in [-0.1, -0.05) is 30.7 Å². The third-order valence-corrected chi connectivity index (χ3v) is 6.56. The number of fused-ring (bicyclic) bond motifs is 1. The van der Waals surface area contributed by atoms with Crippen molar-refractivity contribution >= 4 is 34.2 Å². The molecule has 0 bridgehead atoms. The van der Waals surface area contributed by atoms with Crippen LogP contribution in [0.1, 0.15) is 25.3 Å². The molecule has 1 atom stereocenters. The number of carbonyl (C=O) groups excluding carboxylic acids is 1. The first-order valence-corrected chi connectivity index (χ1v) is 11.6. The molecule has 4 rings (SSSR count). The van der Waals surface area contributed by atoms with Crippen molar-refractivity contribution in [2.45, 2.75) is 32.4 Å². The summed E-state index contributed by atoms with van der Waals surface area (Å²) in [6, 6.07) is 14.4. The number of methoxy groups -OCH3 is 1. The Balaban J connectivity index is 1.63. The predicted octanol–water partition coefficient (Wildman–Crippen LogP) is 4.71. The number of rotatable bonds is 7. The molecular formula is C25H29ClN4O3. The molecule has 33 heavy (non-hydrogen) atoms. The number of anilines is 1. The van der Waals surface area contributed by atoms with Crippen LogP contribution in [0.4, 0.5) is 10.5 Å². The minimum absolute atomic E-state index is 0.187. The van der Waals surface area contributed by atoms with Crippen molar-refractivity contribution in [3.05, 3.63) is 69.5 Å².